The highest BCUT2D eigenvalue weighted by atomic mass is 32.2. The predicted molar refractivity (Wildman–Crippen MR) is 47.2 cm³/mol. The fraction of sp³-hybridized carbons (Fsp3) is 1.00. The fourth-order valence-corrected chi connectivity index (χ4v) is 2.76. The Morgan fingerprint density at radius 1 is 1.36 bits per heavy atom. The summed E-state index contributed by atoms with van der Waals surface area (Å²) in [6.45, 7) is 5.24. The topological polar surface area (TPSA) is 60.2 Å². The Balaban J connectivity index is 4.51. The van der Waals surface area contributed by atoms with E-state index in [2.05, 4.69) is 0 Å². The first-order valence-electron chi connectivity index (χ1n) is 3.92. The van der Waals surface area contributed by atoms with Gasteiger partial charge >= 0.3 is 0 Å². The van der Waals surface area contributed by atoms with E-state index < -0.39 is 9.84 Å². The molecule has 0 saturated heterocycles. The lowest BCUT2D eigenvalue weighted by Crippen LogP contribution is -2.38. The summed E-state index contributed by atoms with van der Waals surface area (Å²) in [5, 5.41) is -0.368. The predicted octanol–water partition coefficient (Wildman–Crippen LogP) is 0.547. The van der Waals surface area contributed by atoms with E-state index in [1.807, 2.05) is 6.92 Å². The van der Waals surface area contributed by atoms with Crippen molar-refractivity contribution in [3.8, 4) is 0 Å². The second-order valence-electron chi connectivity index (χ2n) is 2.76. The van der Waals surface area contributed by atoms with E-state index in [0.717, 1.165) is 0 Å². The molecule has 0 aromatic carbocycles. The molecule has 0 rings (SSSR count). The van der Waals surface area contributed by atoms with Crippen LogP contribution in [0, 0.1) is 0 Å². The van der Waals surface area contributed by atoms with Gasteiger partial charge in [-0.1, -0.05) is 13.8 Å². The van der Waals surface area contributed by atoms with Gasteiger partial charge in [0.05, 0.1) is 5.25 Å². The molecule has 0 aliphatic rings. The van der Waals surface area contributed by atoms with Crippen molar-refractivity contribution < 1.29 is 8.42 Å². The number of hydrogen-bond acceptors (Lipinski definition) is 3. The Bertz CT molecular complexity index is 196. The molecular formula is C7H17NO2S. The van der Waals surface area contributed by atoms with Crippen LogP contribution in [0.1, 0.15) is 27.2 Å². The van der Waals surface area contributed by atoms with Crippen LogP contribution >= 0.6 is 0 Å². The quantitative estimate of drug-likeness (QED) is 0.685. The average Bonchev–Trinajstić information content (AvgIpc) is 1.88. The van der Waals surface area contributed by atoms with E-state index in [4.69, 9.17) is 5.73 Å². The van der Waals surface area contributed by atoms with E-state index in [0.29, 0.717) is 6.42 Å². The molecule has 2 N–H and O–H groups in total. The summed E-state index contributed by atoms with van der Waals surface area (Å²) in [7, 11) is -2.93. The van der Waals surface area contributed by atoms with Crippen LogP contribution in [0.3, 0.4) is 0 Å². The molecule has 0 spiro atoms. The van der Waals surface area contributed by atoms with Crippen LogP contribution in [0.25, 0.3) is 0 Å². The number of hydrogen-bond donors (Lipinski definition) is 1. The highest BCUT2D eigenvalue weighted by molar-refractivity contribution is 7.92. The van der Waals surface area contributed by atoms with Gasteiger partial charge in [-0.3, -0.25) is 0 Å². The Kier molecular flexibility index (Phi) is 4.03. The van der Waals surface area contributed by atoms with Gasteiger partial charge in [0.1, 0.15) is 0 Å². The van der Waals surface area contributed by atoms with Crippen LogP contribution in [0.5, 0.6) is 0 Å². The molecule has 4 heteroatoms. The van der Waals surface area contributed by atoms with Gasteiger partial charge in [-0.05, 0) is 13.3 Å². The smallest absolute Gasteiger partial charge is 0.154 e. The SMILES string of the molecule is CC[C@@H]([C@@H](C)N)S(=O)(=O)CC. The molecule has 0 aromatic rings. The van der Waals surface area contributed by atoms with Gasteiger partial charge in [-0.25, -0.2) is 8.42 Å². The van der Waals surface area contributed by atoms with Crippen molar-refractivity contribution in [2.75, 3.05) is 5.75 Å². The lowest BCUT2D eigenvalue weighted by molar-refractivity contribution is 0.554. The highest BCUT2D eigenvalue weighted by Crippen LogP contribution is 2.09. The van der Waals surface area contributed by atoms with E-state index in [-0.39, 0.29) is 17.0 Å². The number of sulfone groups is 1. The molecule has 0 aliphatic carbocycles. The Morgan fingerprint density at radius 2 is 1.82 bits per heavy atom. The third-order valence-corrected chi connectivity index (χ3v) is 4.34. The van der Waals surface area contributed by atoms with Crippen molar-refractivity contribution in [3.05, 3.63) is 0 Å². The van der Waals surface area contributed by atoms with Gasteiger partial charge in [0.25, 0.3) is 0 Å². The first-order chi connectivity index (χ1) is 4.95. The summed E-state index contributed by atoms with van der Waals surface area (Å²) in [6, 6.07) is -0.259. The summed E-state index contributed by atoms with van der Waals surface area (Å²) in [5.74, 6) is 0.188. The van der Waals surface area contributed by atoms with E-state index in [1.54, 1.807) is 13.8 Å². The van der Waals surface area contributed by atoms with Crippen LogP contribution in [-0.2, 0) is 9.84 Å². The maximum atomic E-state index is 11.3. The molecule has 0 fully saturated rings. The molecule has 0 radical (unpaired) electrons. The summed E-state index contributed by atoms with van der Waals surface area (Å²) < 4.78 is 22.6. The lowest BCUT2D eigenvalue weighted by Gasteiger charge is -2.17. The van der Waals surface area contributed by atoms with Crippen LogP contribution in [-0.4, -0.2) is 25.5 Å². The monoisotopic (exact) mass is 179 g/mol. The number of nitrogens with two attached hydrogens (primary N) is 1. The third kappa shape index (κ3) is 2.79. The highest BCUT2D eigenvalue weighted by Gasteiger charge is 2.24. The zero-order valence-corrected chi connectivity index (χ0v) is 8.19. The van der Waals surface area contributed by atoms with Crippen molar-refractivity contribution in [1.29, 1.82) is 0 Å². The van der Waals surface area contributed by atoms with Gasteiger partial charge in [0.15, 0.2) is 9.84 Å². The first-order valence-corrected chi connectivity index (χ1v) is 5.64. The van der Waals surface area contributed by atoms with Crippen molar-refractivity contribution in [2.24, 2.45) is 5.73 Å². The van der Waals surface area contributed by atoms with Crippen molar-refractivity contribution >= 4 is 9.84 Å². The standard InChI is InChI=1S/C7H17NO2S/c1-4-7(6(3)8)11(9,10)5-2/h6-7H,4-5,8H2,1-3H3/t6-,7+/m1/s1. The van der Waals surface area contributed by atoms with E-state index in [1.165, 1.54) is 0 Å². The molecule has 0 bridgehead atoms. The molecule has 11 heavy (non-hydrogen) atoms. The maximum Gasteiger partial charge on any atom is 0.154 e. The normalized spacial score (nSPS) is 17.8. The molecular weight excluding hydrogens is 162 g/mol. The van der Waals surface area contributed by atoms with Gasteiger partial charge < -0.3 is 5.73 Å². The zero-order valence-electron chi connectivity index (χ0n) is 7.37. The van der Waals surface area contributed by atoms with Gasteiger partial charge in [-0.15, -0.1) is 0 Å². The van der Waals surface area contributed by atoms with Crippen molar-refractivity contribution in [1.82, 2.24) is 0 Å². The van der Waals surface area contributed by atoms with E-state index >= 15 is 0 Å². The molecule has 3 nitrogen and oxygen atoms in total. The van der Waals surface area contributed by atoms with Gasteiger partial charge in [0.2, 0.25) is 0 Å². The Morgan fingerprint density at radius 3 is 1.91 bits per heavy atom. The molecule has 0 aliphatic heterocycles. The fourth-order valence-electron chi connectivity index (χ4n) is 1.17. The minimum Gasteiger partial charge on any atom is -0.327 e. The molecule has 0 unspecified atom stereocenters. The summed E-state index contributed by atoms with van der Waals surface area (Å²) in [5.41, 5.74) is 5.53. The van der Waals surface area contributed by atoms with Gasteiger partial charge in [-0.2, -0.15) is 0 Å². The molecule has 2 atom stereocenters. The lowest BCUT2D eigenvalue weighted by atomic mass is 10.2. The molecule has 0 heterocycles. The minimum atomic E-state index is -2.93. The van der Waals surface area contributed by atoms with Crippen LogP contribution in [0.15, 0.2) is 0 Å². The second-order valence-corrected chi connectivity index (χ2v) is 5.27. The van der Waals surface area contributed by atoms with Crippen LogP contribution in [0.2, 0.25) is 0 Å². The number of rotatable bonds is 4. The average molecular weight is 179 g/mol. The minimum absolute atomic E-state index is 0.188. The second kappa shape index (κ2) is 4.07. The van der Waals surface area contributed by atoms with Crippen LogP contribution < -0.4 is 5.73 Å². The van der Waals surface area contributed by atoms with Crippen molar-refractivity contribution in [2.45, 2.75) is 38.5 Å². The maximum absolute atomic E-state index is 11.3. The summed E-state index contributed by atoms with van der Waals surface area (Å²) in [4.78, 5) is 0. The zero-order chi connectivity index (χ0) is 9.07. The van der Waals surface area contributed by atoms with Crippen molar-refractivity contribution in [3.63, 3.8) is 0 Å². The molecule has 0 aromatic heterocycles. The Labute approximate surface area is 68.9 Å². The first kappa shape index (κ1) is 10.9. The Hall–Kier alpha value is -0.0900. The third-order valence-electron chi connectivity index (χ3n) is 1.85. The molecule has 0 saturated carbocycles. The molecule has 0 amide bonds. The summed E-state index contributed by atoms with van der Waals surface area (Å²) in [6.07, 6.45) is 0.605. The van der Waals surface area contributed by atoms with E-state index in [9.17, 15) is 8.42 Å². The van der Waals surface area contributed by atoms with Gasteiger partial charge in [0, 0.05) is 11.8 Å². The molecule has 68 valence electrons. The largest absolute Gasteiger partial charge is 0.327 e. The summed E-state index contributed by atoms with van der Waals surface area (Å²) >= 11 is 0. The van der Waals surface area contributed by atoms with Crippen LogP contribution in [0.4, 0.5) is 0 Å².